The number of aryl methyl sites for hydroxylation is 2. The number of ether oxygens (including phenoxy) is 1. The second kappa shape index (κ2) is 9.67. The van der Waals surface area contributed by atoms with Gasteiger partial charge in [-0.1, -0.05) is 48.5 Å². The molecule has 6 nitrogen and oxygen atoms in total. The lowest BCUT2D eigenvalue weighted by molar-refractivity contribution is -0.120. The molecule has 172 valence electrons. The lowest BCUT2D eigenvalue weighted by Gasteiger charge is -2.25. The van der Waals surface area contributed by atoms with E-state index >= 15 is 0 Å². The molecule has 1 atom stereocenters. The standard InChI is InChI=1S/C26H28N2O4S/c1-19(21-16-15-20-9-8-10-22(20)17-21)27-26(29)18-28(33(2,30)31)24-13-6-7-14-25(24)32-23-11-4-3-5-12-23/h3-7,11-17,19H,8-10,18H2,1-2H3,(H,27,29)/t19-/m1/s1. The number of nitrogens with zero attached hydrogens (tertiary/aromatic N) is 1. The fourth-order valence-corrected chi connectivity index (χ4v) is 4.97. The summed E-state index contributed by atoms with van der Waals surface area (Å²) in [6.45, 7) is 1.56. The van der Waals surface area contributed by atoms with Gasteiger partial charge in [0.15, 0.2) is 5.75 Å². The van der Waals surface area contributed by atoms with E-state index in [9.17, 15) is 13.2 Å². The van der Waals surface area contributed by atoms with E-state index in [0.717, 1.165) is 35.4 Å². The molecule has 0 heterocycles. The summed E-state index contributed by atoms with van der Waals surface area (Å²) in [7, 11) is -3.74. The zero-order chi connectivity index (χ0) is 23.4. The van der Waals surface area contributed by atoms with Gasteiger partial charge in [-0.3, -0.25) is 9.10 Å². The highest BCUT2D eigenvalue weighted by Crippen LogP contribution is 2.33. The fraction of sp³-hybridized carbons (Fsp3) is 0.269. The van der Waals surface area contributed by atoms with Crippen LogP contribution in [0.4, 0.5) is 5.69 Å². The zero-order valence-corrected chi connectivity index (χ0v) is 19.6. The summed E-state index contributed by atoms with van der Waals surface area (Å²) >= 11 is 0. The number of rotatable bonds is 8. The molecule has 3 aromatic carbocycles. The molecule has 0 fully saturated rings. The molecule has 0 radical (unpaired) electrons. The first-order valence-corrected chi connectivity index (χ1v) is 12.9. The molecule has 7 heteroatoms. The molecule has 4 rings (SSSR count). The van der Waals surface area contributed by atoms with Crippen molar-refractivity contribution in [2.24, 2.45) is 0 Å². The van der Waals surface area contributed by atoms with Gasteiger partial charge in [-0.25, -0.2) is 8.42 Å². The number of fused-ring (bicyclic) bond motifs is 1. The number of carbonyl (C=O) groups is 1. The van der Waals surface area contributed by atoms with Crippen molar-refractivity contribution in [1.29, 1.82) is 0 Å². The van der Waals surface area contributed by atoms with Crippen LogP contribution in [-0.2, 0) is 27.7 Å². The van der Waals surface area contributed by atoms with Crippen LogP contribution in [0.5, 0.6) is 11.5 Å². The van der Waals surface area contributed by atoms with E-state index in [4.69, 9.17) is 4.74 Å². The molecule has 0 bridgehead atoms. The third kappa shape index (κ3) is 5.54. The summed E-state index contributed by atoms with van der Waals surface area (Å²) in [5.41, 5.74) is 4.03. The van der Waals surface area contributed by atoms with Crippen molar-refractivity contribution in [2.75, 3.05) is 17.1 Å². The predicted octanol–water partition coefficient (Wildman–Crippen LogP) is 4.61. The molecule has 0 saturated carbocycles. The van der Waals surface area contributed by atoms with Crippen LogP contribution < -0.4 is 14.4 Å². The maximum atomic E-state index is 12.9. The van der Waals surface area contributed by atoms with Crippen molar-refractivity contribution < 1.29 is 17.9 Å². The molecule has 1 aliphatic rings. The Morgan fingerprint density at radius 2 is 1.70 bits per heavy atom. The predicted molar refractivity (Wildman–Crippen MR) is 130 cm³/mol. The highest BCUT2D eigenvalue weighted by molar-refractivity contribution is 7.92. The molecule has 0 spiro atoms. The number of carbonyl (C=O) groups excluding carboxylic acids is 1. The topological polar surface area (TPSA) is 75.7 Å². The average Bonchev–Trinajstić information content (AvgIpc) is 3.26. The molecule has 1 aliphatic carbocycles. The van der Waals surface area contributed by atoms with Gasteiger partial charge < -0.3 is 10.1 Å². The van der Waals surface area contributed by atoms with Gasteiger partial charge in [0.1, 0.15) is 12.3 Å². The minimum Gasteiger partial charge on any atom is -0.455 e. The molecule has 0 saturated heterocycles. The van der Waals surface area contributed by atoms with E-state index in [0.29, 0.717) is 17.2 Å². The Kier molecular flexibility index (Phi) is 6.70. The first-order valence-electron chi connectivity index (χ1n) is 11.0. The number of nitrogens with one attached hydrogen (secondary N) is 1. The molecule has 3 aromatic rings. The first-order chi connectivity index (χ1) is 15.8. The quantitative estimate of drug-likeness (QED) is 0.528. The minimum absolute atomic E-state index is 0.236. The number of para-hydroxylation sites is 3. The van der Waals surface area contributed by atoms with Crippen molar-refractivity contribution in [3.8, 4) is 11.5 Å². The van der Waals surface area contributed by atoms with E-state index in [-0.39, 0.29) is 18.5 Å². The van der Waals surface area contributed by atoms with Crippen molar-refractivity contribution in [2.45, 2.75) is 32.2 Å². The van der Waals surface area contributed by atoms with Crippen LogP contribution in [-0.4, -0.2) is 27.1 Å². The summed E-state index contributed by atoms with van der Waals surface area (Å²) in [6.07, 6.45) is 4.41. The van der Waals surface area contributed by atoms with Gasteiger partial charge in [-0.15, -0.1) is 0 Å². The minimum atomic E-state index is -3.74. The van der Waals surface area contributed by atoms with E-state index in [1.54, 1.807) is 36.4 Å². The number of sulfonamides is 1. The molecule has 1 amide bonds. The number of benzene rings is 3. The van der Waals surface area contributed by atoms with Gasteiger partial charge in [0.05, 0.1) is 18.0 Å². The van der Waals surface area contributed by atoms with Gasteiger partial charge in [0, 0.05) is 0 Å². The third-order valence-electron chi connectivity index (χ3n) is 5.79. The van der Waals surface area contributed by atoms with Crippen molar-refractivity contribution in [3.05, 3.63) is 89.5 Å². The van der Waals surface area contributed by atoms with Crippen LogP contribution >= 0.6 is 0 Å². The fourth-order valence-electron chi connectivity index (χ4n) is 4.11. The van der Waals surface area contributed by atoms with Crippen molar-refractivity contribution in [1.82, 2.24) is 5.32 Å². The van der Waals surface area contributed by atoms with E-state index in [1.165, 1.54) is 11.1 Å². The third-order valence-corrected chi connectivity index (χ3v) is 6.92. The summed E-state index contributed by atoms with van der Waals surface area (Å²) in [4.78, 5) is 12.9. The second-order valence-corrected chi connectivity index (χ2v) is 10.2. The zero-order valence-electron chi connectivity index (χ0n) is 18.8. The van der Waals surface area contributed by atoms with Crippen molar-refractivity contribution >= 4 is 21.6 Å². The molecule has 0 aliphatic heterocycles. The number of anilines is 1. The van der Waals surface area contributed by atoms with Crippen LogP contribution in [0.3, 0.4) is 0 Å². The Morgan fingerprint density at radius 1 is 1.00 bits per heavy atom. The van der Waals surface area contributed by atoms with E-state index in [2.05, 4.69) is 17.4 Å². The Bertz CT molecular complexity index is 1240. The summed E-state index contributed by atoms with van der Waals surface area (Å²) < 4.78 is 32.3. The number of hydrogen-bond donors (Lipinski definition) is 1. The largest absolute Gasteiger partial charge is 0.455 e. The monoisotopic (exact) mass is 464 g/mol. The molecular weight excluding hydrogens is 436 g/mol. The summed E-state index contributed by atoms with van der Waals surface area (Å²) in [5.74, 6) is 0.546. The van der Waals surface area contributed by atoms with Crippen LogP contribution in [0, 0.1) is 0 Å². The van der Waals surface area contributed by atoms with E-state index in [1.807, 2.05) is 31.2 Å². The number of hydrogen-bond acceptors (Lipinski definition) is 4. The van der Waals surface area contributed by atoms with Crippen LogP contribution in [0.2, 0.25) is 0 Å². The normalized spacial score (nSPS) is 13.8. The lowest BCUT2D eigenvalue weighted by atomic mass is 10.0. The summed E-state index contributed by atoms with van der Waals surface area (Å²) in [6, 6.07) is 22.0. The Labute approximate surface area is 195 Å². The highest BCUT2D eigenvalue weighted by atomic mass is 32.2. The van der Waals surface area contributed by atoms with Crippen molar-refractivity contribution in [3.63, 3.8) is 0 Å². The van der Waals surface area contributed by atoms with Gasteiger partial charge in [0.25, 0.3) is 0 Å². The SMILES string of the molecule is C[C@@H](NC(=O)CN(c1ccccc1Oc1ccccc1)S(C)(=O)=O)c1ccc2c(c1)CCC2. The van der Waals surface area contributed by atoms with Gasteiger partial charge in [-0.05, 0) is 67.1 Å². The maximum Gasteiger partial charge on any atom is 0.241 e. The number of amides is 1. The first kappa shape index (κ1) is 22.9. The van der Waals surface area contributed by atoms with Crippen LogP contribution in [0.25, 0.3) is 0 Å². The molecule has 0 aromatic heterocycles. The van der Waals surface area contributed by atoms with Gasteiger partial charge in [-0.2, -0.15) is 0 Å². The second-order valence-electron chi connectivity index (χ2n) is 8.32. The maximum absolute atomic E-state index is 12.9. The highest BCUT2D eigenvalue weighted by Gasteiger charge is 2.25. The average molecular weight is 465 g/mol. The molecule has 1 N–H and O–H groups in total. The lowest BCUT2D eigenvalue weighted by Crippen LogP contribution is -2.41. The Hall–Kier alpha value is -3.32. The summed E-state index contributed by atoms with van der Waals surface area (Å²) in [5, 5.41) is 2.94. The molecule has 33 heavy (non-hydrogen) atoms. The Balaban J connectivity index is 1.52. The molecular formula is C26H28N2O4S. The molecule has 0 unspecified atom stereocenters. The Morgan fingerprint density at radius 3 is 2.45 bits per heavy atom. The van der Waals surface area contributed by atoms with Gasteiger partial charge in [0.2, 0.25) is 15.9 Å². The van der Waals surface area contributed by atoms with E-state index < -0.39 is 10.0 Å². The van der Waals surface area contributed by atoms with Gasteiger partial charge >= 0.3 is 0 Å². The van der Waals surface area contributed by atoms with Crippen LogP contribution in [0.15, 0.2) is 72.8 Å². The van der Waals surface area contributed by atoms with Crippen LogP contribution in [0.1, 0.15) is 36.1 Å². The smallest absolute Gasteiger partial charge is 0.241 e.